The fourth-order valence-corrected chi connectivity index (χ4v) is 2.59. The highest BCUT2D eigenvalue weighted by atomic mass is 32.3. The number of halogens is 1. The molecule has 0 aromatic rings. The van der Waals surface area contributed by atoms with Crippen LogP contribution in [0, 0.1) is 17.2 Å². The van der Waals surface area contributed by atoms with E-state index in [1.807, 2.05) is 6.92 Å². The van der Waals surface area contributed by atoms with E-state index in [4.69, 9.17) is 5.26 Å². The molecule has 0 bridgehead atoms. The van der Waals surface area contributed by atoms with Gasteiger partial charge >= 0.3 is 0 Å². The predicted molar refractivity (Wildman–Crippen MR) is 49.4 cm³/mol. The minimum atomic E-state index is -1.86. The molecule has 1 nitrogen and oxygen atoms in total. The first-order chi connectivity index (χ1) is 4.95. The minimum Gasteiger partial charge on any atom is -0.198 e. The molecule has 0 aliphatic heterocycles. The zero-order valence-electron chi connectivity index (χ0n) is 7.43. The molecule has 0 aliphatic carbocycles. The SMILES string of the molecule is CC(CCC#N)CS(C)(C)F. The van der Waals surface area contributed by atoms with Crippen molar-refractivity contribution in [2.45, 2.75) is 19.8 Å². The second-order valence-electron chi connectivity index (χ2n) is 3.37. The summed E-state index contributed by atoms with van der Waals surface area (Å²) in [5.41, 5.74) is 0. The summed E-state index contributed by atoms with van der Waals surface area (Å²) in [6.07, 6.45) is 4.71. The Morgan fingerprint density at radius 1 is 1.55 bits per heavy atom. The molecule has 0 aromatic heterocycles. The molecule has 66 valence electrons. The summed E-state index contributed by atoms with van der Waals surface area (Å²) in [6.45, 7) is 2.01. The van der Waals surface area contributed by atoms with Crippen molar-refractivity contribution in [1.82, 2.24) is 0 Å². The molecule has 0 saturated carbocycles. The highest BCUT2D eigenvalue weighted by molar-refractivity contribution is 8.28. The van der Waals surface area contributed by atoms with Crippen molar-refractivity contribution in [2.75, 3.05) is 18.3 Å². The van der Waals surface area contributed by atoms with Crippen molar-refractivity contribution in [3.05, 3.63) is 0 Å². The van der Waals surface area contributed by atoms with Gasteiger partial charge in [0.05, 0.1) is 6.07 Å². The summed E-state index contributed by atoms with van der Waals surface area (Å²) in [5, 5.41) is 8.28. The molecule has 0 aliphatic rings. The molecule has 1 unspecified atom stereocenters. The van der Waals surface area contributed by atoms with Crippen molar-refractivity contribution in [3.8, 4) is 6.07 Å². The maximum atomic E-state index is 13.1. The van der Waals surface area contributed by atoms with Crippen molar-refractivity contribution >= 4 is 10.4 Å². The maximum absolute atomic E-state index is 13.1. The second kappa shape index (κ2) is 4.61. The van der Waals surface area contributed by atoms with Crippen LogP contribution in [0.25, 0.3) is 0 Å². The van der Waals surface area contributed by atoms with Crippen LogP contribution in [0.2, 0.25) is 0 Å². The van der Waals surface area contributed by atoms with Crippen molar-refractivity contribution in [3.63, 3.8) is 0 Å². The predicted octanol–water partition coefficient (Wildman–Crippen LogP) is 2.87. The molecule has 3 heteroatoms. The maximum Gasteiger partial charge on any atom is 0.0621 e. The third-order valence-electron chi connectivity index (χ3n) is 1.43. The first-order valence-corrected chi connectivity index (χ1v) is 6.25. The molecule has 0 radical (unpaired) electrons. The Morgan fingerprint density at radius 2 is 2.09 bits per heavy atom. The average molecular weight is 177 g/mol. The Labute approximate surface area is 70.2 Å². The molecule has 0 rings (SSSR count). The summed E-state index contributed by atoms with van der Waals surface area (Å²) in [6, 6.07) is 2.07. The molecule has 0 spiro atoms. The van der Waals surface area contributed by atoms with E-state index in [9.17, 15) is 3.89 Å². The van der Waals surface area contributed by atoms with Crippen LogP contribution in [0.5, 0.6) is 0 Å². The molecule has 1 atom stereocenters. The van der Waals surface area contributed by atoms with E-state index in [0.29, 0.717) is 18.1 Å². The summed E-state index contributed by atoms with van der Waals surface area (Å²) in [5.74, 6) is 0.985. The van der Waals surface area contributed by atoms with E-state index in [-0.39, 0.29) is 0 Å². The lowest BCUT2D eigenvalue weighted by Crippen LogP contribution is -2.05. The molecule has 0 fully saturated rings. The van der Waals surface area contributed by atoms with Gasteiger partial charge in [-0.25, -0.2) is 0 Å². The smallest absolute Gasteiger partial charge is 0.0621 e. The van der Waals surface area contributed by atoms with Crippen LogP contribution in [-0.4, -0.2) is 18.3 Å². The van der Waals surface area contributed by atoms with Crippen LogP contribution in [0.3, 0.4) is 0 Å². The van der Waals surface area contributed by atoms with Crippen LogP contribution >= 0.6 is 10.4 Å². The van der Waals surface area contributed by atoms with E-state index in [2.05, 4.69) is 6.07 Å². The lowest BCUT2D eigenvalue weighted by molar-refractivity contribution is 0.599. The highest BCUT2D eigenvalue weighted by Gasteiger charge is 2.13. The van der Waals surface area contributed by atoms with Gasteiger partial charge < -0.3 is 0 Å². The Hall–Kier alpha value is -0.230. The van der Waals surface area contributed by atoms with E-state index < -0.39 is 10.4 Å². The van der Waals surface area contributed by atoms with Gasteiger partial charge in [0.1, 0.15) is 0 Å². The number of nitriles is 1. The molecule has 11 heavy (non-hydrogen) atoms. The normalized spacial score (nSPS) is 15.5. The average Bonchev–Trinajstić information content (AvgIpc) is 1.79. The van der Waals surface area contributed by atoms with Gasteiger partial charge in [-0.3, -0.25) is 0 Å². The molecule has 0 aromatic carbocycles. The van der Waals surface area contributed by atoms with Crippen LogP contribution in [0.4, 0.5) is 3.89 Å². The number of hydrogen-bond donors (Lipinski definition) is 0. The third-order valence-corrected chi connectivity index (χ3v) is 2.79. The van der Waals surface area contributed by atoms with Crippen LogP contribution in [0.1, 0.15) is 19.8 Å². The van der Waals surface area contributed by atoms with Crippen molar-refractivity contribution < 1.29 is 3.89 Å². The summed E-state index contributed by atoms with van der Waals surface area (Å²) >= 11 is 0. The third kappa shape index (κ3) is 7.67. The van der Waals surface area contributed by atoms with Crippen LogP contribution in [-0.2, 0) is 0 Å². The molecular formula is C8H16FNS. The monoisotopic (exact) mass is 177 g/mol. The van der Waals surface area contributed by atoms with Gasteiger partial charge in [0.25, 0.3) is 0 Å². The standard InChI is InChI=1S/C8H16FNS/c1-8(5-4-6-10)7-11(2,3)9/h8H,4-5,7H2,1-3H3. The topological polar surface area (TPSA) is 23.8 Å². The molecule has 0 saturated heterocycles. The minimum absolute atomic E-state index is 0.352. The van der Waals surface area contributed by atoms with E-state index in [1.165, 1.54) is 0 Å². The van der Waals surface area contributed by atoms with E-state index >= 15 is 0 Å². The zero-order chi connectivity index (χ0) is 8.91. The first-order valence-electron chi connectivity index (χ1n) is 3.73. The van der Waals surface area contributed by atoms with Gasteiger partial charge in [-0.15, -0.1) is 0 Å². The summed E-state index contributed by atoms with van der Waals surface area (Å²) in [7, 11) is -1.86. The number of nitrogens with zero attached hydrogens (tertiary/aromatic N) is 1. The first kappa shape index (κ1) is 10.8. The quantitative estimate of drug-likeness (QED) is 0.647. The lowest BCUT2D eigenvalue weighted by atomic mass is 10.1. The highest BCUT2D eigenvalue weighted by Crippen LogP contribution is 2.43. The van der Waals surface area contributed by atoms with Gasteiger partial charge in [0.15, 0.2) is 0 Å². The molecular weight excluding hydrogens is 161 g/mol. The largest absolute Gasteiger partial charge is 0.198 e. The van der Waals surface area contributed by atoms with Crippen LogP contribution < -0.4 is 0 Å². The number of hydrogen-bond acceptors (Lipinski definition) is 1. The molecule has 0 amide bonds. The Bertz CT molecular complexity index is 145. The zero-order valence-corrected chi connectivity index (χ0v) is 8.25. The van der Waals surface area contributed by atoms with E-state index in [1.54, 1.807) is 12.5 Å². The summed E-state index contributed by atoms with van der Waals surface area (Å²) in [4.78, 5) is 0. The summed E-state index contributed by atoms with van der Waals surface area (Å²) < 4.78 is 13.1. The lowest BCUT2D eigenvalue weighted by Gasteiger charge is -2.23. The molecule has 0 heterocycles. The van der Waals surface area contributed by atoms with Gasteiger partial charge in [0, 0.05) is 12.2 Å². The fraction of sp³-hybridized carbons (Fsp3) is 0.875. The second-order valence-corrected chi connectivity index (χ2v) is 6.51. The van der Waals surface area contributed by atoms with Crippen molar-refractivity contribution in [2.24, 2.45) is 5.92 Å². The van der Waals surface area contributed by atoms with Crippen LogP contribution in [0.15, 0.2) is 0 Å². The van der Waals surface area contributed by atoms with Gasteiger partial charge in [-0.2, -0.15) is 9.15 Å². The Morgan fingerprint density at radius 3 is 2.45 bits per heavy atom. The van der Waals surface area contributed by atoms with Crippen molar-refractivity contribution in [1.29, 1.82) is 5.26 Å². The Balaban J connectivity index is 3.54. The fourth-order valence-electron chi connectivity index (χ4n) is 1.07. The number of rotatable bonds is 4. The Kier molecular flexibility index (Phi) is 4.51. The van der Waals surface area contributed by atoms with Gasteiger partial charge in [-0.1, -0.05) is 17.3 Å². The molecule has 0 N–H and O–H groups in total. The van der Waals surface area contributed by atoms with Gasteiger partial charge in [-0.05, 0) is 24.9 Å². The van der Waals surface area contributed by atoms with E-state index in [0.717, 1.165) is 6.42 Å². The van der Waals surface area contributed by atoms with Gasteiger partial charge in [0.2, 0.25) is 0 Å².